The molecule has 0 unspecified atom stereocenters. The number of hydrogen-bond donors (Lipinski definition) is 2. The van der Waals surface area contributed by atoms with Crippen molar-refractivity contribution in [3.05, 3.63) is 79.8 Å². The lowest BCUT2D eigenvalue weighted by Crippen LogP contribution is -2.36. The molecule has 0 saturated carbocycles. The van der Waals surface area contributed by atoms with E-state index in [4.69, 9.17) is 26.2 Å². The molecule has 0 amide bonds. The number of aromatic nitrogens is 2. The van der Waals surface area contributed by atoms with Gasteiger partial charge in [-0.15, -0.1) is 0 Å². The summed E-state index contributed by atoms with van der Waals surface area (Å²) in [7, 11) is 0. The molecule has 1 heterocycles. The van der Waals surface area contributed by atoms with Crippen molar-refractivity contribution in [2.24, 2.45) is 0 Å². The summed E-state index contributed by atoms with van der Waals surface area (Å²) in [5.74, 6) is -2.79. The average Bonchev–Trinajstić information content (AvgIpc) is 2.69. The zero-order chi connectivity index (χ0) is 23.6. The summed E-state index contributed by atoms with van der Waals surface area (Å²) >= 11 is 5.96. The van der Waals surface area contributed by atoms with Gasteiger partial charge in [-0.05, 0) is 18.2 Å². The highest BCUT2D eigenvalue weighted by molar-refractivity contribution is 6.32. The Hall–Kier alpha value is -3.80. The summed E-state index contributed by atoms with van der Waals surface area (Å²) in [5.41, 5.74) is -5.31. The van der Waals surface area contributed by atoms with Crippen LogP contribution in [0.25, 0.3) is 5.69 Å². The summed E-state index contributed by atoms with van der Waals surface area (Å²) in [5, 5.41) is 8.44. The molecule has 0 aliphatic carbocycles. The molecule has 3 aromatic rings. The Bertz CT molecular complexity index is 1270. The van der Waals surface area contributed by atoms with Crippen LogP contribution in [0.4, 0.5) is 17.6 Å². The van der Waals surface area contributed by atoms with E-state index >= 15 is 0 Å². The largest absolute Gasteiger partial charge is 0.479 e. The fraction of sp³-hybridized carbons (Fsp3) is 0.105. The van der Waals surface area contributed by atoms with Gasteiger partial charge in [0.2, 0.25) is 0 Å². The second-order valence-corrected chi connectivity index (χ2v) is 6.53. The lowest BCUT2D eigenvalue weighted by molar-refractivity contribution is -0.141. The Kier molecular flexibility index (Phi) is 6.25. The van der Waals surface area contributed by atoms with Crippen LogP contribution in [0.1, 0.15) is 5.69 Å². The van der Waals surface area contributed by atoms with Gasteiger partial charge in [-0.2, -0.15) is 13.2 Å². The number of benzene rings is 2. The molecular formula is C19H11ClF4N2O6. The highest BCUT2D eigenvalue weighted by Gasteiger charge is 2.33. The minimum absolute atomic E-state index is 0.0126. The Morgan fingerprint density at radius 3 is 2.34 bits per heavy atom. The Labute approximate surface area is 180 Å². The van der Waals surface area contributed by atoms with Crippen molar-refractivity contribution in [3.8, 4) is 22.9 Å². The first kappa shape index (κ1) is 22.9. The highest BCUT2D eigenvalue weighted by Crippen LogP contribution is 2.37. The number of hydrogen-bond acceptors (Lipinski definition) is 5. The third-order valence-electron chi connectivity index (χ3n) is 3.90. The maximum absolute atomic E-state index is 14.5. The first-order valence-corrected chi connectivity index (χ1v) is 8.89. The number of nitrogens with zero attached hydrogens (tertiary/aromatic N) is 1. The highest BCUT2D eigenvalue weighted by atomic mass is 35.5. The first-order valence-electron chi connectivity index (χ1n) is 8.52. The maximum Gasteiger partial charge on any atom is 0.431 e. The topological polar surface area (TPSA) is 111 Å². The van der Waals surface area contributed by atoms with E-state index in [1.807, 2.05) is 0 Å². The molecule has 168 valence electrons. The van der Waals surface area contributed by atoms with Crippen LogP contribution < -0.4 is 20.7 Å². The van der Waals surface area contributed by atoms with Gasteiger partial charge in [-0.1, -0.05) is 23.7 Å². The minimum atomic E-state index is -5.00. The molecule has 0 saturated heterocycles. The predicted octanol–water partition coefficient (Wildman–Crippen LogP) is 3.59. The summed E-state index contributed by atoms with van der Waals surface area (Å²) in [6.07, 6.45) is -5.00. The van der Waals surface area contributed by atoms with E-state index in [0.29, 0.717) is 6.07 Å². The Morgan fingerprint density at radius 2 is 1.75 bits per heavy atom. The SMILES string of the molecule is O=C(O)COc1ccccc1Oc1cc(-n2c(=O)cc(C(F)(F)F)[nH]c2=O)c(F)cc1Cl. The molecule has 0 radical (unpaired) electrons. The van der Waals surface area contributed by atoms with Crippen LogP contribution in [-0.4, -0.2) is 27.2 Å². The summed E-state index contributed by atoms with van der Waals surface area (Å²) < 4.78 is 63.6. The zero-order valence-electron chi connectivity index (χ0n) is 15.6. The molecule has 0 fully saturated rings. The number of aliphatic carboxylic acids is 1. The number of H-pyrrole nitrogens is 1. The molecule has 13 heteroatoms. The monoisotopic (exact) mass is 474 g/mol. The Balaban J connectivity index is 2.07. The van der Waals surface area contributed by atoms with Crippen molar-refractivity contribution < 1.29 is 36.9 Å². The lowest BCUT2D eigenvalue weighted by atomic mass is 10.2. The molecule has 1 aromatic heterocycles. The fourth-order valence-electron chi connectivity index (χ4n) is 2.56. The summed E-state index contributed by atoms with van der Waals surface area (Å²) in [6.45, 7) is -0.695. The van der Waals surface area contributed by atoms with Gasteiger partial charge in [-0.3, -0.25) is 4.79 Å². The number of rotatable bonds is 6. The smallest absolute Gasteiger partial charge is 0.431 e. The number of carboxylic acid groups (broad SMARTS) is 1. The van der Waals surface area contributed by atoms with E-state index in [1.165, 1.54) is 29.2 Å². The molecule has 0 spiro atoms. The van der Waals surface area contributed by atoms with Gasteiger partial charge in [0.25, 0.3) is 5.56 Å². The second kappa shape index (κ2) is 8.75. The third kappa shape index (κ3) is 4.91. The van der Waals surface area contributed by atoms with Crippen LogP contribution in [0.3, 0.4) is 0 Å². The maximum atomic E-state index is 14.5. The summed E-state index contributed by atoms with van der Waals surface area (Å²) in [6, 6.07) is 7.39. The van der Waals surface area contributed by atoms with Gasteiger partial charge in [0.05, 0.1) is 10.7 Å². The predicted molar refractivity (Wildman–Crippen MR) is 102 cm³/mol. The van der Waals surface area contributed by atoms with Gasteiger partial charge in [0.1, 0.15) is 17.3 Å². The third-order valence-corrected chi connectivity index (χ3v) is 4.20. The molecular weight excluding hydrogens is 464 g/mol. The molecule has 0 aliphatic heterocycles. The van der Waals surface area contributed by atoms with E-state index in [1.54, 1.807) is 0 Å². The van der Waals surface area contributed by atoms with Crippen molar-refractivity contribution in [2.75, 3.05) is 6.61 Å². The van der Waals surface area contributed by atoms with Crippen LogP contribution in [0.15, 0.2) is 52.1 Å². The van der Waals surface area contributed by atoms with Crippen LogP contribution in [0.2, 0.25) is 5.02 Å². The van der Waals surface area contributed by atoms with Crippen molar-refractivity contribution in [1.82, 2.24) is 9.55 Å². The first-order chi connectivity index (χ1) is 15.0. The number of aromatic amines is 1. The standard InChI is InChI=1S/C19H11ClF4N2O6/c20-9-5-10(21)11(26-16(27)7-15(19(22,23)24)25-18(26)30)6-14(9)32-13-4-2-1-3-12(13)31-8-17(28)29/h1-7H,8H2,(H,25,30)(H,28,29). The van der Waals surface area contributed by atoms with E-state index < -0.39 is 47.2 Å². The fourth-order valence-corrected chi connectivity index (χ4v) is 2.74. The zero-order valence-corrected chi connectivity index (χ0v) is 16.3. The van der Waals surface area contributed by atoms with E-state index in [9.17, 15) is 31.9 Å². The van der Waals surface area contributed by atoms with E-state index in [-0.39, 0.29) is 32.9 Å². The summed E-state index contributed by atoms with van der Waals surface area (Å²) in [4.78, 5) is 36.4. The van der Waals surface area contributed by atoms with Crippen molar-refractivity contribution >= 4 is 17.6 Å². The molecule has 0 atom stereocenters. The lowest BCUT2D eigenvalue weighted by Gasteiger charge is -2.14. The Morgan fingerprint density at radius 1 is 1.09 bits per heavy atom. The number of carbonyl (C=O) groups is 1. The normalized spacial score (nSPS) is 11.3. The van der Waals surface area contributed by atoms with Crippen LogP contribution >= 0.6 is 11.6 Å². The van der Waals surface area contributed by atoms with Crippen molar-refractivity contribution in [1.29, 1.82) is 0 Å². The van der Waals surface area contributed by atoms with Gasteiger partial charge in [0, 0.05) is 12.1 Å². The van der Waals surface area contributed by atoms with Gasteiger partial charge >= 0.3 is 17.8 Å². The quantitative estimate of drug-likeness (QED) is 0.528. The minimum Gasteiger partial charge on any atom is -0.479 e. The van der Waals surface area contributed by atoms with Gasteiger partial charge < -0.3 is 19.6 Å². The van der Waals surface area contributed by atoms with Crippen molar-refractivity contribution in [3.63, 3.8) is 0 Å². The second-order valence-electron chi connectivity index (χ2n) is 6.12. The molecule has 2 N–H and O–H groups in total. The molecule has 8 nitrogen and oxygen atoms in total. The number of alkyl halides is 3. The van der Waals surface area contributed by atoms with Gasteiger partial charge in [-0.25, -0.2) is 18.5 Å². The molecule has 32 heavy (non-hydrogen) atoms. The van der Waals surface area contributed by atoms with Crippen LogP contribution in [0, 0.1) is 5.82 Å². The number of nitrogens with one attached hydrogen (secondary N) is 1. The van der Waals surface area contributed by atoms with Crippen LogP contribution in [-0.2, 0) is 11.0 Å². The molecule has 0 bridgehead atoms. The van der Waals surface area contributed by atoms with Crippen molar-refractivity contribution in [2.45, 2.75) is 6.18 Å². The molecule has 2 aromatic carbocycles. The van der Waals surface area contributed by atoms with E-state index in [0.717, 1.165) is 6.07 Å². The number of para-hydroxylation sites is 2. The van der Waals surface area contributed by atoms with E-state index in [2.05, 4.69) is 0 Å². The molecule has 3 rings (SSSR count). The average molecular weight is 475 g/mol. The van der Waals surface area contributed by atoms with Gasteiger partial charge in [0.15, 0.2) is 18.1 Å². The van der Waals surface area contributed by atoms with Crippen LogP contribution in [0.5, 0.6) is 17.2 Å². The number of ether oxygens (including phenoxy) is 2. The number of halogens is 5. The number of carboxylic acids is 1. The molecule has 0 aliphatic rings.